The first-order chi connectivity index (χ1) is 9.61. The van der Waals surface area contributed by atoms with Gasteiger partial charge in [0.15, 0.2) is 11.5 Å². The van der Waals surface area contributed by atoms with Gasteiger partial charge in [0.1, 0.15) is 14.9 Å². The number of hydrogen-bond donors (Lipinski definition) is 1. The summed E-state index contributed by atoms with van der Waals surface area (Å²) in [6.07, 6.45) is 1.67. The molecule has 4 nitrogen and oxygen atoms in total. The summed E-state index contributed by atoms with van der Waals surface area (Å²) in [5, 5.41) is 4.27. The van der Waals surface area contributed by atoms with Gasteiger partial charge in [0.05, 0.1) is 12.7 Å². The zero-order valence-electron chi connectivity index (χ0n) is 11.2. The summed E-state index contributed by atoms with van der Waals surface area (Å²) in [6.45, 7) is 4.78. The Balaban J connectivity index is 1.78. The molecule has 0 aliphatic rings. The lowest BCUT2D eigenvalue weighted by atomic mass is 10.2. The van der Waals surface area contributed by atoms with Crippen LogP contribution in [0.4, 0.5) is 5.69 Å². The number of benzene rings is 1. The van der Waals surface area contributed by atoms with Crippen LogP contribution in [0.5, 0.6) is 0 Å². The molecule has 0 atom stereocenters. The lowest BCUT2D eigenvalue weighted by molar-refractivity contribution is 0.501. The van der Waals surface area contributed by atoms with Crippen LogP contribution in [0.25, 0.3) is 11.1 Å². The third kappa shape index (κ3) is 2.78. The molecule has 2 heterocycles. The van der Waals surface area contributed by atoms with E-state index in [1.54, 1.807) is 6.20 Å². The van der Waals surface area contributed by atoms with Crippen LogP contribution in [-0.2, 0) is 6.54 Å². The molecule has 1 N–H and O–H groups in total. The van der Waals surface area contributed by atoms with Crippen molar-refractivity contribution in [2.24, 2.45) is 0 Å². The second kappa shape index (κ2) is 5.42. The summed E-state index contributed by atoms with van der Waals surface area (Å²) in [5.41, 5.74) is 2.68. The molecule has 0 aliphatic heterocycles. The fraction of sp³-hybridized carbons (Fsp3) is 0.286. The first-order valence-electron chi connectivity index (χ1n) is 6.36. The molecule has 0 radical (unpaired) electrons. The topological polar surface area (TPSA) is 51.0 Å². The smallest absolute Gasteiger partial charge is 0.198 e. The van der Waals surface area contributed by atoms with Crippen molar-refractivity contribution in [3.8, 4) is 0 Å². The van der Waals surface area contributed by atoms with E-state index in [1.807, 2.05) is 18.2 Å². The van der Waals surface area contributed by atoms with E-state index in [1.165, 1.54) is 11.3 Å². The van der Waals surface area contributed by atoms with E-state index in [0.717, 1.165) is 27.7 Å². The van der Waals surface area contributed by atoms with Crippen LogP contribution in [0.2, 0.25) is 4.34 Å². The van der Waals surface area contributed by atoms with Gasteiger partial charge >= 0.3 is 0 Å². The third-order valence-corrected chi connectivity index (χ3v) is 3.98. The van der Waals surface area contributed by atoms with Crippen LogP contribution in [0.3, 0.4) is 0 Å². The van der Waals surface area contributed by atoms with Crippen LogP contribution < -0.4 is 5.32 Å². The zero-order valence-corrected chi connectivity index (χ0v) is 12.8. The number of halogens is 1. The summed E-state index contributed by atoms with van der Waals surface area (Å²) in [7, 11) is 0. The zero-order chi connectivity index (χ0) is 14.1. The SMILES string of the molecule is CC(C)c1nc2cc(NCc3ncc(Cl)s3)ccc2o1. The second-order valence-corrected chi connectivity index (χ2v) is 6.55. The molecule has 0 saturated heterocycles. The van der Waals surface area contributed by atoms with Crippen molar-refractivity contribution in [3.63, 3.8) is 0 Å². The number of oxazole rings is 1. The molecule has 0 spiro atoms. The van der Waals surface area contributed by atoms with Gasteiger partial charge < -0.3 is 9.73 Å². The predicted octanol–water partition coefficient (Wildman–Crippen LogP) is 4.67. The van der Waals surface area contributed by atoms with E-state index in [-0.39, 0.29) is 5.92 Å². The molecular weight excluding hydrogens is 294 g/mol. The molecule has 0 aliphatic carbocycles. The van der Waals surface area contributed by atoms with Gasteiger partial charge in [0, 0.05) is 11.6 Å². The minimum atomic E-state index is 0.288. The number of anilines is 1. The molecule has 0 fully saturated rings. The Kier molecular flexibility index (Phi) is 3.63. The van der Waals surface area contributed by atoms with Gasteiger partial charge in [-0.2, -0.15) is 0 Å². The summed E-state index contributed by atoms with van der Waals surface area (Å²) < 4.78 is 6.39. The highest BCUT2D eigenvalue weighted by molar-refractivity contribution is 7.15. The Morgan fingerprint density at radius 1 is 1.40 bits per heavy atom. The number of nitrogens with one attached hydrogen (secondary N) is 1. The molecule has 6 heteroatoms. The molecule has 2 aromatic heterocycles. The van der Waals surface area contributed by atoms with Crippen molar-refractivity contribution >= 4 is 39.7 Å². The molecular formula is C14H14ClN3OS. The van der Waals surface area contributed by atoms with Crippen molar-refractivity contribution in [2.45, 2.75) is 26.3 Å². The van der Waals surface area contributed by atoms with Gasteiger partial charge in [-0.3, -0.25) is 0 Å². The van der Waals surface area contributed by atoms with Crippen molar-refractivity contribution in [1.82, 2.24) is 9.97 Å². The summed E-state index contributed by atoms with van der Waals surface area (Å²) in [4.78, 5) is 8.70. The molecule has 104 valence electrons. The summed E-state index contributed by atoms with van der Waals surface area (Å²) >= 11 is 7.33. The minimum Gasteiger partial charge on any atom is -0.440 e. The quantitative estimate of drug-likeness (QED) is 0.760. The second-order valence-electron chi connectivity index (χ2n) is 4.80. The van der Waals surface area contributed by atoms with Crippen LogP contribution in [0.15, 0.2) is 28.8 Å². The molecule has 20 heavy (non-hydrogen) atoms. The van der Waals surface area contributed by atoms with Crippen molar-refractivity contribution < 1.29 is 4.42 Å². The van der Waals surface area contributed by atoms with Crippen molar-refractivity contribution in [2.75, 3.05) is 5.32 Å². The third-order valence-electron chi connectivity index (χ3n) is 2.87. The maximum Gasteiger partial charge on any atom is 0.198 e. The van der Waals surface area contributed by atoms with E-state index in [9.17, 15) is 0 Å². The molecule has 3 aromatic rings. The fourth-order valence-corrected chi connectivity index (χ4v) is 2.75. The average molecular weight is 308 g/mol. The standard InChI is InChI=1S/C14H14ClN3OS/c1-8(2)14-18-10-5-9(3-4-11(10)19-14)16-7-13-17-6-12(15)20-13/h3-6,8,16H,7H2,1-2H3. The van der Waals surface area contributed by atoms with E-state index < -0.39 is 0 Å². The van der Waals surface area contributed by atoms with Gasteiger partial charge in [-0.05, 0) is 18.2 Å². The number of rotatable bonds is 4. The van der Waals surface area contributed by atoms with Gasteiger partial charge in [-0.25, -0.2) is 9.97 Å². The lowest BCUT2D eigenvalue weighted by Gasteiger charge is -2.03. The van der Waals surface area contributed by atoms with Crippen LogP contribution in [-0.4, -0.2) is 9.97 Å². The van der Waals surface area contributed by atoms with E-state index >= 15 is 0 Å². The van der Waals surface area contributed by atoms with Gasteiger partial charge in [-0.1, -0.05) is 25.4 Å². The predicted molar refractivity (Wildman–Crippen MR) is 82.5 cm³/mol. The maximum atomic E-state index is 5.86. The first kappa shape index (κ1) is 13.4. The van der Waals surface area contributed by atoms with E-state index in [2.05, 4.69) is 29.1 Å². The Bertz CT molecular complexity index is 735. The average Bonchev–Trinajstić information content (AvgIpc) is 3.01. The highest BCUT2D eigenvalue weighted by Gasteiger charge is 2.09. The lowest BCUT2D eigenvalue weighted by Crippen LogP contribution is -1.98. The Labute approximate surface area is 125 Å². The van der Waals surface area contributed by atoms with E-state index in [0.29, 0.717) is 10.9 Å². The van der Waals surface area contributed by atoms with Crippen LogP contribution in [0, 0.1) is 0 Å². The summed E-state index contributed by atoms with van der Waals surface area (Å²) in [6, 6.07) is 5.90. The molecule has 0 bridgehead atoms. The number of thiazole rings is 1. The molecule has 3 rings (SSSR count). The highest BCUT2D eigenvalue weighted by Crippen LogP contribution is 2.24. The van der Waals surface area contributed by atoms with Gasteiger partial charge in [-0.15, -0.1) is 11.3 Å². The van der Waals surface area contributed by atoms with Crippen molar-refractivity contribution in [3.05, 3.63) is 39.6 Å². The molecule has 0 unspecified atom stereocenters. The van der Waals surface area contributed by atoms with E-state index in [4.69, 9.17) is 16.0 Å². The number of nitrogens with zero attached hydrogens (tertiary/aromatic N) is 2. The Morgan fingerprint density at radius 2 is 2.25 bits per heavy atom. The normalized spacial score (nSPS) is 11.4. The monoisotopic (exact) mass is 307 g/mol. The minimum absolute atomic E-state index is 0.288. The number of hydrogen-bond acceptors (Lipinski definition) is 5. The summed E-state index contributed by atoms with van der Waals surface area (Å²) in [5.74, 6) is 1.06. The number of aromatic nitrogens is 2. The fourth-order valence-electron chi connectivity index (χ4n) is 1.85. The van der Waals surface area contributed by atoms with Gasteiger partial charge in [0.25, 0.3) is 0 Å². The van der Waals surface area contributed by atoms with Crippen molar-refractivity contribution in [1.29, 1.82) is 0 Å². The molecule has 0 amide bonds. The highest BCUT2D eigenvalue weighted by atomic mass is 35.5. The Hall–Kier alpha value is -1.59. The largest absolute Gasteiger partial charge is 0.440 e. The molecule has 1 aromatic carbocycles. The van der Waals surface area contributed by atoms with Gasteiger partial charge in [0.2, 0.25) is 0 Å². The first-order valence-corrected chi connectivity index (χ1v) is 7.56. The van der Waals surface area contributed by atoms with Crippen LogP contribution in [0.1, 0.15) is 30.7 Å². The van der Waals surface area contributed by atoms with Crippen LogP contribution >= 0.6 is 22.9 Å². The maximum absolute atomic E-state index is 5.86. The number of fused-ring (bicyclic) bond motifs is 1. The Morgan fingerprint density at radius 3 is 2.95 bits per heavy atom. The molecule has 0 saturated carbocycles.